The molecule has 0 aliphatic carbocycles. The zero-order valence-electron chi connectivity index (χ0n) is 46.1. The average Bonchev–Trinajstić information content (AvgIpc) is 3.25. The fourth-order valence-corrected chi connectivity index (χ4v) is 51.6. The Morgan fingerprint density at radius 3 is 0.346 bits per heavy atom. The van der Waals surface area contributed by atoms with E-state index in [4.69, 9.17) is 0 Å². The van der Waals surface area contributed by atoms with Crippen molar-refractivity contribution in [3.05, 3.63) is 182 Å². The van der Waals surface area contributed by atoms with Gasteiger partial charge in [0.05, 0.1) is 31.8 Å². The first-order chi connectivity index (χ1) is 34.1. The summed E-state index contributed by atoms with van der Waals surface area (Å²) in [5.74, 6) is 0. The van der Waals surface area contributed by atoms with Gasteiger partial charge >= 0.3 is 125 Å². The first kappa shape index (κ1) is 74.5. The van der Waals surface area contributed by atoms with Crippen LogP contribution >= 0.6 is 42.8 Å². The molecule has 0 aliphatic heterocycles. The number of rotatable bonds is 12. The summed E-state index contributed by atoms with van der Waals surface area (Å²) in [6.45, 7) is 30.5. The molecule has 0 N–H and O–H groups in total. The first-order valence-corrected chi connectivity index (χ1v) is 55.4. The molecular formula is C48H72As3B3F18P6. The molecule has 6 aromatic carbocycles. The molecule has 0 atom stereocenters. The van der Waals surface area contributed by atoms with E-state index in [0.29, 0.717) is 0 Å². The van der Waals surface area contributed by atoms with Crippen molar-refractivity contribution in [2.45, 2.75) is 0 Å². The number of benzene rings is 6. The topological polar surface area (TPSA) is 0 Å². The zero-order chi connectivity index (χ0) is 61.0. The predicted molar refractivity (Wildman–Crippen MR) is 332 cm³/mol. The molecule has 0 heterocycles. The molecule has 0 spiro atoms. The van der Waals surface area contributed by atoms with Crippen LogP contribution in [0.5, 0.6) is 0 Å². The molecule has 444 valence electrons. The average molecular weight is 1430 g/mol. The quantitative estimate of drug-likeness (QED) is 0.0651. The van der Waals surface area contributed by atoms with Crippen molar-refractivity contribution in [1.82, 2.24) is 0 Å². The SMILES string of the molecule is C[P+](C)([BH2-][P+](C)(C)c1ccccc1)c1ccccc1.C[P+](C)([BH2-][P+](C)(C)c1ccccc1)c1ccccc1.C[P+](C)([BH2-][P+](C)(C)c1ccccc1)c1ccccc1.F[As-](F)(F)(F)(F)F.F[As-](F)(F)(F)(F)F.F[As-](F)(F)(F)(F)F. The fourth-order valence-electron chi connectivity index (χ4n) is 9.69. The van der Waals surface area contributed by atoms with Gasteiger partial charge in [0, 0.05) is 80.0 Å². The van der Waals surface area contributed by atoms with E-state index in [1.165, 1.54) is 0 Å². The van der Waals surface area contributed by atoms with Crippen LogP contribution in [0.1, 0.15) is 0 Å². The standard InChI is InChI=1S/3C16H24BP2.3AsF6/c3*1-18(2,15-11-7-5-8-12-15)17-19(3,4)16-13-9-6-10-14-16;3*2-1(3,4,5,6)7/h3*5-14H,17H2,1-4H3;;;/q3*+1;3*-1. The van der Waals surface area contributed by atoms with E-state index in [1.54, 1.807) is 31.8 Å². The molecule has 0 saturated heterocycles. The summed E-state index contributed by atoms with van der Waals surface area (Å²) in [5, 5.41) is 9.66. The minimum absolute atomic E-state index is 0.0391. The second-order valence-electron chi connectivity index (χ2n) is 23.6. The van der Waals surface area contributed by atoms with Crippen molar-refractivity contribution in [2.75, 3.05) is 80.0 Å². The van der Waals surface area contributed by atoms with Crippen molar-refractivity contribution >= 4 is 137 Å². The normalized spacial score (nSPS) is 15.3. The zero-order valence-corrected chi connectivity index (χ0v) is 57.1. The molecular weight excluding hydrogens is 1360 g/mol. The summed E-state index contributed by atoms with van der Waals surface area (Å²) in [6, 6.07) is 67.1. The van der Waals surface area contributed by atoms with E-state index in [1.807, 2.05) is 0 Å². The summed E-state index contributed by atoms with van der Waals surface area (Å²) in [4.78, 5) is 0. The number of hydrogen-bond acceptors (Lipinski definition) is 0. The summed E-state index contributed by atoms with van der Waals surface area (Å²) in [5.41, 5.74) is 0. The van der Waals surface area contributed by atoms with Crippen molar-refractivity contribution in [2.24, 2.45) is 0 Å². The first-order valence-electron chi connectivity index (χ1n) is 23.9. The van der Waals surface area contributed by atoms with Gasteiger partial charge in [-0.15, -0.1) is 0 Å². The molecule has 0 nitrogen and oxygen atoms in total. The summed E-state index contributed by atoms with van der Waals surface area (Å²) in [7, 11) is -5.44. The Labute approximate surface area is 458 Å². The number of halogens is 18. The predicted octanol–water partition coefficient (Wildman–Crippen LogP) is 16.0. The van der Waals surface area contributed by atoms with Gasteiger partial charge in [-0.3, -0.25) is 0 Å². The molecule has 0 unspecified atom stereocenters. The summed E-state index contributed by atoms with van der Waals surface area (Å²) >= 11 is -33.2. The van der Waals surface area contributed by atoms with Crippen LogP contribution in [-0.4, -0.2) is 143 Å². The summed E-state index contributed by atoms with van der Waals surface area (Å²) < 4.78 is 178. The van der Waals surface area contributed by atoms with E-state index in [9.17, 15) is 62.4 Å². The molecule has 0 radical (unpaired) electrons. The molecule has 0 saturated carbocycles. The van der Waals surface area contributed by atoms with Gasteiger partial charge in [0.2, 0.25) is 0 Å². The van der Waals surface area contributed by atoms with E-state index in [2.05, 4.69) is 262 Å². The van der Waals surface area contributed by atoms with Gasteiger partial charge in [0.25, 0.3) is 0 Å². The maximum absolute atomic E-state index is 11.1. The van der Waals surface area contributed by atoms with Crippen LogP contribution in [-0.2, 0) is 0 Å². The second kappa shape index (κ2) is 24.6. The Morgan fingerprint density at radius 2 is 0.269 bits per heavy atom. The van der Waals surface area contributed by atoms with Crippen molar-refractivity contribution < 1.29 is 62.4 Å². The van der Waals surface area contributed by atoms with Gasteiger partial charge in [0.1, 0.15) is 0 Å². The molecule has 30 heteroatoms. The van der Waals surface area contributed by atoms with Gasteiger partial charge in [-0.05, 0) is 72.8 Å². The van der Waals surface area contributed by atoms with Gasteiger partial charge in [-0.25, -0.2) is 0 Å². The Morgan fingerprint density at radius 1 is 0.192 bits per heavy atom. The van der Waals surface area contributed by atoms with Gasteiger partial charge < -0.3 is 0 Å². The Balaban J connectivity index is 0.000000495. The van der Waals surface area contributed by atoms with Gasteiger partial charge in [-0.1, -0.05) is 152 Å². The molecule has 6 rings (SSSR count). The molecule has 6 aromatic rings. The summed E-state index contributed by atoms with van der Waals surface area (Å²) in [6.07, 6.45) is 0. The maximum atomic E-state index is 9.91. The molecule has 0 aromatic heterocycles. The Kier molecular flexibility index (Phi) is 23.5. The van der Waals surface area contributed by atoms with E-state index >= 15 is 0 Å². The Hall–Kier alpha value is -1.49. The fraction of sp³-hybridized carbons (Fsp3) is 0.250. The Bertz CT molecular complexity index is 2280. The molecule has 0 aliphatic rings. The van der Waals surface area contributed by atoms with Gasteiger partial charge in [0.15, 0.2) is 0 Å². The minimum atomic E-state index is -11.1. The van der Waals surface area contributed by atoms with E-state index in [-0.39, 0.29) is 20.2 Å². The third-order valence-corrected chi connectivity index (χ3v) is 47.3. The van der Waals surface area contributed by atoms with Crippen molar-refractivity contribution in [3.8, 4) is 0 Å². The second-order valence-corrected chi connectivity index (χ2v) is 67.7. The number of hydrogen-bond donors (Lipinski definition) is 0. The van der Waals surface area contributed by atoms with E-state index in [0.717, 1.165) is 0 Å². The monoisotopic (exact) mass is 1430 g/mol. The van der Waals surface area contributed by atoms with Crippen molar-refractivity contribution in [1.29, 1.82) is 0 Å². The van der Waals surface area contributed by atoms with Crippen LogP contribution in [0.15, 0.2) is 182 Å². The van der Waals surface area contributed by atoms with Crippen LogP contribution in [0.25, 0.3) is 0 Å². The van der Waals surface area contributed by atoms with Crippen LogP contribution in [0, 0.1) is 0 Å². The van der Waals surface area contributed by atoms with Crippen LogP contribution in [0.4, 0.5) is 62.4 Å². The third-order valence-electron chi connectivity index (χ3n) is 12.2. The third kappa shape index (κ3) is 39.9. The van der Waals surface area contributed by atoms with Crippen LogP contribution in [0.2, 0.25) is 0 Å². The molecule has 0 fully saturated rings. The molecule has 78 heavy (non-hydrogen) atoms. The van der Waals surface area contributed by atoms with E-state index < -0.39 is 85.4 Å². The van der Waals surface area contributed by atoms with Crippen LogP contribution in [0.3, 0.4) is 0 Å². The molecule has 0 bridgehead atoms. The van der Waals surface area contributed by atoms with Gasteiger partial charge in [-0.2, -0.15) is 0 Å². The molecule has 0 amide bonds. The van der Waals surface area contributed by atoms with Crippen LogP contribution < -0.4 is 31.8 Å². The van der Waals surface area contributed by atoms with Crippen molar-refractivity contribution in [3.63, 3.8) is 0 Å².